The molecule has 2 heterocycles. The highest BCUT2D eigenvalue weighted by atomic mass is 35.5. The van der Waals surface area contributed by atoms with Crippen molar-refractivity contribution >= 4 is 22.9 Å². The minimum atomic E-state index is 0.152. The van der Waals surface area contributed by atoms with Crippen molar-refractivity contribution < 1.29 is 0 Å². The zero-order chi connectivity index (χ0) is 13.3. The first-order chi connectivity index (χ1) is 8.41. The third kappa shape index (κ3) is 3.06. The molecule has 1 aliphatic heterocycles. The van der Waals surface area contributed by atoms with Crippen LogP contribution >= 0.6 is 22.9 Å². The van der Waals surface area contributed by atoms with Crippen molar-refractivity contribution in [1.29, 1.82) is 0 Å². The van der Waals surface area contributed by atoms with Crippen LogP contribution in [0.1, 0.15) is 44.8 Å². The van der Waals surface area contributed by atoms with E-state index in [2.05, 4.69) is 38.0 Å². The van der Waals surface area contributed by atoms with E-state index in [-0.39, 0.29) is 5.41 Å². The first kappa shape index (κ1) is 14.3. The molecule has 102 valence electrons. The monoisotopic (exact) mass is 286 g/mol. The standard InChI is InChI=1S/C14H23ClN2S/c1-10-5-6-17(11(10)7-15)8-13-16-12(9-18-13)14(2,3)4/h9-11H,5-8H2,1-4H3. The Morgan fingerprint density at radius 2 is 2.22 bits per heavy atom. The van der Waals surface area contributed by atoms with Gasteiger partial charge in [-0.3, -0.25) is 4.90 Å². The van der Waals surface area contributed by atoms with Crippen LogP contribution in [0.5, 0.6) is 0 Å². The average molecular weight is 287 g/mol. The zero-order valence-electron chi connectivity index (χ0n) is 11.7. The number of nitrogens with zero attached hydrogens (tertiary/aromatic N) is 2. The van der Waals surface area contributed by atoms with Crippen LogP contribution in [-0.4, -0.2) is 28.4 Å². The van der Waals surface area contributed by atoms with E-state index in [0.29, 0.717) is 12.0 Å². The fourth-order valence-corrected chi connectivity index (χ4v) is 3.98. The summed E-state index contributed by atoms with van der Waals surface area (Å²) in [6.45, 7) is 11.1. The van der Waals surface area contributed by atoms with Gasteiger partial charge in [-0.05, 0) is 18.9 Å². The molecule has 2 nitrogen and oxygen atoms in total. The summed E-state index contributed by atoms with van der Waals surface area (Å²) >= 11 is 7.86. The summed E-state index contributed by atoms with van der Waals surface area (Å²) in [6.07, 6.45) is 1.26. The second kappa shape index (κ2) is 5.48. The van der Waals surface area contributed by atoms with Crippen molar-refractivity contribution in [2.45, 2.75) is 52.1 Å². The molecule has 1 aliphatic rings. The fraction of sp³-hybridized carbons (Fsp3) is 0.786. The Bertz CT molecular complexity index is 397. The normalized spacial score (nSPS) is 25.8. The molecule has 1 fully saturated rings. The largest absolute Gasteiger partial charge is 0.292 e. The van der Waals surface area contributed by atoms with Gasteiger partial charge in [0.25, 0.3) is 0 Å². The second-order valence-electron chi connectivity index (χ2n) is 6.33. The molecule has 1 aromatic rings. The molecule has 0 bridgehead atoms. The lowest BCUT2D eigenvalue weighted by Gasteiger charge is -2.23. The van der Waals surface area contributed by atoms with Crippen LogP contribution in [0.15, 0.2) is 5.38 Å². The lowest BCUT2D eigenvalue weighted by atomic mass is 9.93. The molecule has 0 aliphatic carbocycles. The van der Waals surface area contributed by atoms with Crippen molar-refractivity contribution in [3.8, 4) is 0 Å². The fourth-order valence-electron chi connectivity index (χ4n) is 2.44. The first-order valence-electron chi connectivity index (χ1n) is 6.66. The molecule has 2 atom stereocenters. The highest BCUT2D eigenvalue weighted by Crippen LogP contribution is 2.29. The first-order valence-corrected chi connectivity index (χ1v) is 8.08. The van der Waals surface area contributed by atoms with Crippen LogP contribution in [0.25, 0.3) is 0 Å². The Balaban J connectivity index is 2.04. The molecule has 0 N–H and O–H groups in total. The highest BCUT2D eigenvalue weighted by Gasteiger charge is 2.31. The molecule has 0 saturated carbocycles. The molecule has 2 rings (SSSR count). The number of thiazole rings is 1. The zero-order valence-corrected chi connectivity index (χ0v) is 13.3. The number of alkyl halides is 1. The number of halogens is 1. The Kier molecular flexibility index (Phi) is 4.35. The third-order valence-electron chi connectivity index (χ3n) is 3.81. The number of hydrogen-bond acceptors (Lipinski definition) is 3. The van der Waals surface area contributed by atoms with E-state index in [1.807, 2.05) is 0 Å². The lowest BCUT2D eigenvalue weighted by molar-refractivity contribution is 0.241. The maximum Gasteiger partial charge on any atom is 0.107 e. The molecule has 0 spiro atoms. The number of hydrogen-bond donors (Lipinski definition) is 0. The summed E-state index contributed by atoms with van der Waals surface area (Å²) in [5, 5.41) is 3.43. The van der Waals surface area contributed by atoms with E-state index in [0.717, 1.165) is 19.0 Å². The molecule has 1 saturated heterocycles. The number of likely N-dealkylation sites (tertiary alicyclic amines) is 1. The van der Waals surface area contributed by atoms with Crippen molar-refractivity contribution in [2.24, 2.45) is 5.92 Å². The summed E-state index contributed by atoms with van der Waals surface area (Å²) in [6, 6.07) is 0.522. The van der Waals surface area contributed by atoms with Crippen LogP contribution in [0.2, 0.25) is 0 Å². The molecule has 4 heteroatoms. The Morgan fingerprint density at radius 3 is 2.78 bits per heavy atom. The van der Waals surface area contributed by atoms with Gasteiger partial charge in [0, 0.05) is 22.7 Å². The minimum Gasteiger partial charge on any atom is -0.292 e. The van der Waals surface area contributed by atoms with E-state index in [1.54, 1.807) is 11.3 Å². The SMILES string of the molecule is CC1CCN(Cc2nc(C(C)(C)C)cs2)C1CCl. The van der Waals surface area contributed by atoms with Crippen LogP contribution in [0.4, 0.5) is 0 Å². The van der Waals surface area contributed by atoms with Gasteiger partial charge in [-0.2, -0.15) is 0 Å². The number of rotatable bonds is 3. The summed E-state index contributed by atoms with van der Waals surface area (Å²) in [5.74, 6) is 1.45. The third-order valence-corrected chi connectivity index (χ3v) is 4.96. The smallest absolute Gasteiger partial charge is 0.107 e. The maximum atomic E-state index is 6.08. The van der Waals surface area contributed by atoms with Gasteiger partial charge in [-0.15, -0.1) is 22.9 Å². The van der Waals surface area contributed by atoms with Crippen LogP contribution < -0.4 is 0 Å². The average Bonchev–Trinajstić information content (AvgIpc) is 2.86. The molecule has 0 aromatic carbocycles. The summed E-state index contributed by atoms with van der Waals surface area (Å²) in [7, 11) is 0. The van der Waals surface area contributed by atoms with E-state index in [4.69, 9.17) is 16.6 Å². The lowest BCUT2D eigenvalue weighted by Crippen LogP contribution is -2.33. The van der Waals surface area contributed by atoms with Crippen molar-refractivity contribution in [1.82, 2.24) is 9.88 Å². The van der Waals surface area contributed by atoms with Crippen molar-refractivity contribution in [2.75, 3.05) is 12.4 Å². The van der Waals surface area contributed by atoms with Gasteiger partial charge in [0.2, 0.25) is 0 Å². The van der Waals surface area contributed by atoms with Gasteiger partial charge < -0.3 is 0 Å². The van der Waals surface area contributed by atoms with Gasteiger partial charge in [0.15, 0.2) is 0 Å². The molecule has 0 radical (unpaired) electrons. The van der Waals surface area contributed by atoms with Crippen LogP contribution in [-0.2, 0) is 12.0 Å². The second-order valence-corrected chi connectivity index (χ2v) is 7.59. The van der Waals surface area contributed by atoms with E-state index in [1.165, 1.54) is 17.1 Å². The highest BCUT2D eigenvalue weighted by molar-refractivity contribution is 7.09. The quantitative estimate of drug-likeness (QED) is 0.784. The Morgan fingerprint density at radius 1 is 1.50 bits per heavy atom. The predicted octanol–water partition coefficient (Wildman–Crippen LogP) is 3.89. The molecule has 2 unspecified atom stereocenters. The molecular formula is C14H23ClN2S. The molecule has 1 aromatic heterocycles. The maximum absolute atomic E-state index is 6.08. The Labute approximate surface area is 119 Å². The summed E-state index contributed by atoms with van der Waals surface area (Å²) < 4.78 is 0. The van der Waals surface area contributed by atoms with Crippen LogP contribution in [0, 0.1) is 5.92 Å². The molecule has 0 amide bonds. The minimum absolute atomic E-state index is 0.152. The molecular weight excluding hydrogens is 264 g/mol. The van der Waals surface area contributed by atoms with Gasteiger partial charge in [-0.25, -0.2) is 4.98 Å². The van der Waals surface area contributed by atoms with Gasteiger partial charge in [0.1, 0.15) is 5.01 Å². The van der Waals surface area contributed by atoms with Gasteiger partial charge >= 0.3 is 0 Å². The van der Waals surface area contributed by atoms with Gasteiger partial charge in [0.05, 0.1) is 12.2 Å². The Hall–Kier alpha value is -0.120. The topological polar surface area (TPSA) is 16.1 Å². The summed E-state index contributed by atoms with van der Waals surface area (Å²) in [4.78, 5) is 7.26. The van der Waals surface area contributed by atoms with Crippen molar-refractivity contribution in [3.63, 3.8) is 0 Å². The van der Waals surface area contributed by atoms with E-state index >= 15 is 0 Å². The van der Waals surface area contributed by atoms with E-state index < -0.39 is 0 Å². The molecule has 18 heavy (non-hydrogen) atoms. The van der Waals surface area contributed by atoms with E-state index in [9.17, 15) is 0 Å². The summed E-state index contributed by atoms with van der Waals surface area (Å²) in [5.41, 5.74) is 1.36. The van der Waals surface area contributed by atoms with Crippen molar-refractivity contribution in [3.05, 3.63) is 16.1 Å². The number of aromatic nitrogens is 1. The van der Waals surface area contributed by atoms with Gasteiger partial charge in [-0.1, -0.05) is 27.7 Å². The predicted molar refractivity (Wildman–Crippen MR) is 79.5 cm³/mol. The van der Waals surface area contributed by atoms with Crippen LogP contribution in [0.3, 0.4) is 0 Å².